The zero-order chi connectivity index (χ0) is 17.8. The van der Waals surface area contributed by atoms with Crippen LogP contribution in [0.25, 0.3) is 11.0 Å². The number of anilines is 1. The van der Waals surface area contributed by atoms with Gasteiger partial charge in [-0.25, -0.2) is 4.79 Å². The molecule has 3 rings (SSSR count). The van der Waals surface area contributed by atoms with Crippen molar-refractivity contribution in [3.63, 3.8) is 0 Å². The number of amides is 1. The summed E-state index contributed by atoms with van der Waals surface area (Å²) in [6.45, 7) is 3.54. The standard InChI is InChI=1S/C19H17N3O3/c1-12-7-13(2)9-15(8-12)22-18(23)11-25-19(24)14-3-4-16-17(10-14)21-6-5-20-16/h3-10H,11H2,1-2H3,(H,22,23). The number of nitrogens with one attached hydrogen (secondary N) is 1. The van der Waals surface area contributed by atoms with Gasteiger partial charge in [0.05, 0.1) is 16.6 Å². The Bertz CT molecular complexity index is 933. The third kappa shape index (κ3) is 4.17. The summed E-state index contributed by atoms with van der Waals surface area (Å²) in [5.74, 6) is -0.970. The fourth-order valence-corrected chi connectivity index (χ4v) is 2.55. The minimum atomic E-state index is -0.580. The lowest BCUT2D eigenvalue weighted by molar-refractivity contribution is -0.119. The molecule has 1 N–H and O–H groups in total. The van der Waals surface area contributed by atoms with Crippen LogP contribution in [-0.4, -0.2) is 28.5 Å². The SMILES string of the molecule is Cc1cc(C)cc(NC(=O)COC(=O)c2ccc3nccnc3c2)c1. The fraction of sp³-hybridized carbons (Fsp3) is 0.158. The Labute approximate surface area is 144 Å². The average Bonchev–Trinajstić information content (AvgIpc) is 2.58. The van der Waals surface area contributed by atoms with E-state index in [0.29, 0.717) is 22.3 Å². The van der Waals surface area contributed by atoms with Crippen molar-refractivity contribution in [1.82, 2.24) is 9.97 Å². The maximum Gasteiger partial charge on any atom is 0.338 e. The number of aromatic nitrogens is 2. The van der Waals surface area contributed by atoms with E-state index >= 15 is 0 Å². The van der Waals surface area contributed by atoms with Gasteiger partial charge < -0.3 is 10.1 Å². The lowest BCUT2D eigenvalue weighted by Gasteiger charge is -2.08. The van der Waals surface area contributed by atoms with Crippen molar-refractivity contribution in [3.8, 4) is 0 Å². The molecule has 0 unspecified atom stereocenters. The predicted molar refractivity (Wildman–Crippen MR) is 94.4 cm³/mol. The molecule has 25 heavy (non-hydrogen) atoms. The number of ether oxygens (including phenoxy) is 1. The minimum Gasteiger partial charge on any atom is -0.452 e. The van der Waals surface area contributed by atoms with Gasteiger partial charge in [0.25, 0.3) is 5.91 Å². The number of hydrogen-bond acceptors (Lipinski definition) is 5. The molecule has 126 valence electrons. The van der Waals surface area contributed by atoms with Crippen LogP contribution in [0.2, 0.25) is 0 Å². The molecular weight excluding hydrogens is 318 g/mol. The first kappa shape index (κ1) is 16.6. The summed E-state index contributed by atoms with van der Waals surface area (Å²) in [7, 11) is 0. The molecule has 6 heteroatoms. The minimum absolute atomic E-state index is 0.326. The highest BCUT2D eigenvalue weighted by atomic mass is 16.5. The predicted octanol–water partition coefficient (Wildman–Crippen LogP) is 3.04. The van der Waals surface area contributed by atoms with Gasteiger partial charge in [0, 0.05) is 18.1 Å². The second-order valence-corrected chi connectivity index (χ2v) is 5.76. The number of aryl methyl sites for hydroxylation is 2. The summed E-state index contributed by atoms with van der Waals surface area (Å²) in [4.78, 5) is 32.4. The van der Waals surface area contributed by atoms with E-state index in [9.17, 15) is 9.59 Å². The van der Waals surface area contributed by atoms with Gasteiger partial charge in [-0.3, -0.25) is 14.8 Å². The second-order valence-electron chi connectivity index (χ2n) is 5.76. The van der Waals surface area contributed by atoms with Crippen LogP contribution in [0.1, 0.15) is 21.5 Å². The van der Waals surface area contributed by atoms with E-state index < -0.39 is 5.97 Å². The lowest BCUT2D eigenvalue weighted by atomic mass is 10.1. The number of carbonyl (C=O) groups is 2. The van der Waals surface area contributed by atoms with E-state index in [-0.39, 0.29) is 12.5 Å². The molecule has 2 aromatic carbocycles. The summed E-state index contributed by atoms with van der Waals surface area (Å²) < 4.78 is 5.07. The highest BCUT2D eigenvalue weighted by molar-refractivity contribution is 5.97. The van der Waals surface area contributed by atoms with Gasteiger partial charge >= 0.3 is 5.97 Å². The highest BCUT2D eigenvalue weighted by Gasteiger charge is 2.12. The number of benzene rings is 2. The molecule has 0 spiro atoms. The molecule has 0 radical (unpaired) electrons. The molecule has 0 bridgehead atoms. The van der Waals surface area contributed by atoms with Crippen LogP contribution >= 0.6 is 0 Å². The number of esters is 1. The van der Waals surface area contributed by atoms with Crippen LogP contribution in [0, 0.1) is 13.8 Å². The van der Waals surface area contributed by atoms with Gasteiger partial charge in [-0.1, -0.05) is 6.07 Å². The first-order valence-corrected chi connectivity index (χ1v) is 7.77. The van der Waals surface area contributed by atoms with Crippen LogP contribution < -0.4 is 5.32 Å². The van der Waals surface area contributed by atoms with E-state index in [1.54, 1.807) is 30.6 Å². The van der Waals surface area contributed by atoms with Gasteiger partial charge in [0.1, 0.15) is 0 Å². The van der Waals surface area contributed by atoms with Gasteiger partial charge in [-0.15, -0.1) is 0 Å². The Kier molecular flexibility index (Phi) is 4.70. The van der Waals surface area contributed by atoms with Crippen LogP contribution in [0.5, 0.6) is 0 Å². The molecule has 6 nitrogen and oxygen atoms in total. The molecule has 1 heterocycles. The van der Waals surface area contributed by atoms with Gasteiger partial charge in [-0.2, -0.15) is 0 Å². The molecule has 0 atom stereocenters. The first-order chi connectivity index (χ1) is 12.0. The lowest BCUT2D eigenvalue weighted by Crippen LogP contribution is -2.21. The molecule has 3 aromatic rings. The average molecular weight is 335 g/mol. The van der Waals surface area contributed by atoms with E-state index in [2.05, 4.69) is 15.3 Å². The fourth-order valence-electron chi connectivity index (χ4n) is 2.55. The Balaban J connectivity index is 1.61. The monoisotopic (exact) mass is 335 g/mol. The number of fused-ring (bicyclic) bond motifs is 1. The summed E-state index contributed by atoms with van der Waals surface area (Å²) in [6.07, 6.45) is 3.13. The zero-order valence-corrected chi connectivity index (χ0v) is 13.9. The topological polar surface area (TPSA) is 81.2 Å². The van der Waals surface area contributed by atoms with Crippen LogP contribution in [-0.2, 0) is 9.53 Å². The van der Waals surface area contributed by atoms with Crippen molar-refractivity contribution in [2.24, 2.45) is 0 Å². The number of carbonyl (C=O) groups excluding carboxylic acids is 2. The second kappa shape index (κ2) is 7.09. The van der Waals surface area contributed by atoms with Crippen molar-refractivity contribution in [1.29, 1.82) is 0 Å². The maximum atomic E-state index is 12.1. The van der Waals surface area contributed by atoms with Crippen LogP contribution in [0.4, 0.5) is 5.69 Å². The molecule has 0 saturated carbocycles. The van der Waals surface area contributed by atoms with Gasteiger partial charge in [0.2, 0.25) is 0 Å². The molecule has 0 saturated heterocycles. The highest BCUT2D eigenvalue weighted by Crippen LogP contribution is 2.14. The Morgan fingerprint density at radius 2 is 1.64 bits per heavy atom. The number of hydrogen-bond donors (Lipinski definition) is 1. The van der Waals surface area contributed by atoms with Crippen molar-refractivity contribution < 1.29 is 14.3 Å². The largest absolute Gasteiger partial charge is 0.452 e. The van der Waals surface area contributed by atoms with Crippen molar-refractivity contribution >= 4 is 28.6 Å². The maximum absolute atomic E-state index is 12.1. The normalized spacial score (nSPS) is 10.5. The molecular formula is C19H17N3O3. The van der Waals surface area contributed by atoms with Gasteiger partial charge in [-0.05, 0) is 55.3 Å². The van der Waals surface area contributed by atoms with Crippen molar-refractivity contribution in [2.75, 3.05) is 11.9 Å². The Morgan fingerprint density at radius 3 is 2.36 bits per heavy atom. The molecule has 0 aliphatic heterocycles. The summed E-state index contributed by atoms with van der Waals surface area (Å²) in [6, 6.07) is 10.6. The molecule has 0 fully saturated rings. The molecule has 1 aromatic heterocycles. The Morgan fingerprint density at radius 1 is 0.960 bits per heavy atom. The van der Waals surface area contributed by atoms with E-state index in [1.165, 1.54) is 0 Å². The third-order valence-electron chi connectivity index (χ3n) is 3.54. The van der Waals surface area contributed by atoms with Crippen molar-refractivity contribution in [3.05, 3.63) is 65.5 Å². The first-order valence-electron chi connectivity index (χ1n) is 7.77. The number of nitrogens with zero attached hydrogens (tertiary/aromatic N) is 2. The van der Waals surface area contributed by atoms with Crippen LogP contribution in [0.15, 0.2) is 48.8 Å². The summed E-state index contributed by atoms with van der Waals surface area (Å²) >= 11 is 0. The van der Waals surface area contributed by atoms with E-state index in [4.69, 9.17) is 4.74 Å². The quantitative estimate of drug-likeness (QED) is 0.741. The smallest absolute Gasteiger partial charge is 0.338 e. The van der Waals surface area contributed by atoms with Crippen LogP contribution in [0.3, 0.4) is 0 Å². The third-order valence-corrected chi connectivity index (χ3v) is 3.54. The van der Waals surface area contributed by atoms with E-state index in [1.807, 2.05) is 32.0 Å². The van der Waals surface area contributed by atoms with Crippen molar-refractivity contribution in [2.45, 2.75) is 13.8 Å². The molecule has 1 amide bonds. The van der Waals surface area contributed by atoms with Gasteiger partial charge in [0.15, 0.2) is 6.61 Å². The molecule has 0 aliphatic rings. The zero-order valence-electron chi connectivity index (χ0n) is 13.9. The molecule has 0 aliphatic carbocycles. The van der Waals surface area contributed by atoms with E-state index in [0.717, 1.165) is 11.1 Å². The summed E-state index contributed by atoms with van der Waals surface area (Å²) in [5, 5.41) is 2.72. The summed E-state index contributed by atoms with van der Waals surface area (Å²) in [5.41, 5.74) is 4.38. The number of rotatable bonds is 4. The Hall–Kier alpha value is -3.28.